The van der Waals surface area contributed by atoms with E-state index in [9.17, 15) is 13.9 Å². The molecule has 0 spiro atoms. The number of halogens is 2. The van der Waals surface area contributed by atoms with Crippen LogP contribution < -0.4 is 5.73 Å². The fourth-order valence-electron chi connectivity index (χ4n) is 3.92. The number of benzene rings is 2. The zero-order valence-corrected chi connectivity index (χ0v) is 14.6. The van der Waals surface area contributed by atoms with Crippen LogP contribution in [0.2, 0.25) is 0 Å². The Labute approximate surface area is 158 Å². The van der Waals surface area contributed by atoms with Gasteiger partial charge in [0.15, 0.2) is 5.65 Å². The highest BCUT2D eigenvalue weighted by atomic mass is 19.1. The van der Waals surface area contributed by atoms with Gasteiger partial charge in [-0.2, -0.15) is 5.10 Å². The average molecular weight is 379 g/mol. The first kappa shape index (κ1) is 16.6. The van der Waals surface area contributed by atoms with Gasteiger partial charge in [-0.25, -0.2) is 23.4 Å². The van der Waals surface area contributed by atoms with Gasteiger partial charge in [0.25, 0.3) is 0 Å². The Kier molecular flexibility index (Phi) is 3.55. The maximum absolute atomic E-state index is 14.2. The minimum Gasteiger partial charge on any atom is -0.508 e. The number of phenols is 1. The number of nitrogens with two attached hydrogens (primary N) is 1. The maximum atomic E-state index is 14.2. The Bertz CT molecular complexity index is 1220. The number of hydrogen-bond donors (Lipinski definition) is 2. The van der Waals surface area contributed by atoms with Crippen molar-refractivity contribution in [2.45, 2.75) is 18.9 Å². The van der Waals surface area contributed by atoms with Gasteiger partial charge >= 0.3 is 0 Å². The van der Waals surface area contributed by atoms with Crippen LogP contribution in [0.3, 0.4) is 0 Å². The van der Waals surface area contributed by atoms with Gasteiger partial charge in [-0.3, -0.25) is 0 Å². The molecule has 140 valence electrons. The van der Waals surface area contributed by atoms with Crippen LogP contribution in [-0.2, 0) is 12.8 Å². The summed E-state index contributed by atoms with van der Waals surface area (Å²) < 4.78 is 29.7. The highest BCUT2D eigenvalue weighted by Crippen LogP contribution is 2.37. The summed E-state index contributed by atoms with van der Waals surface area (Å²) in [7, 11) is 0. The maximum Gasteiger partial charge on any atom is 0.164 e. The van der Waals surface area contributed by atoms with Crippen molar-refractivity contribution in [2.75, 3.05) is 5.73 Å². The summed E-state index contributed by atoms with van der Waals surface area (Å²) in [6, 6.07) is 8.58. The van der Waals surface area contributed by atoms with Crippen LogP contribution >= 0.6 is 0 Å². The van der Waals surface area contributed by atoms with E-state index in [1.807, 2.05) is 6.07 Å². The smallest absolute Gasteiger partial charge is 0.164 e. The molecule has 1 aliphatic carbocycles. The summed E-state index contributed by atoms with van der Waals surface area (Å²) in [5.41, 5.74) is 8.90. The molecule has 6 nitrogen and oxygen atoms in total. The number of hydrogen-bond acceptors (Lipinski definition) is 5. The quantitative estimate of drug-likeness (QED) is 0.557. The molecule has 2 aromatic heterocycles. The zero-order valence-electron chi connectivity index (χ0n) is 14.6. The largest absolute Gasteiger partial charge is 0.508 e. The Morgan fingerprint density at radius 1 is 1.11 bits per heavy atom. The minimum atomic E-state index is -0.594. The van der Waals surface area contributed by atoms with Gasteiger partial charge < -0.3 is 10.8 Å². The van der Waals surface area contributed by atoms with Gasteiger partial charge in [0, 0.05) is 11.6 Å². The van der Waals surface area contributed by atoms with Crippen LogP contribution in [0.4, 0.5) is 14.6 Å². The van der Waals surface area contributed by atoms with Crippen molar-refractivity contribution in [1.29, 1.82) is 0 Å². The Morgan fingerprint density at radius 2 is 1.96 bits per heavy atom. The molecule has 0 bridgehead atoms. The summed E-state index contributed by atoms with van der Waals surface area (Å²) in [6.45, 7) is 0. The molecule has 5 rings (SSSR count). The fraction of sp³-hybridized carbons (Fsp3) is 0.150. The Balaban J connectivity index is 1.70. The Morgan fingerprint density at radius 3 is 2.75 bits per heavy atom. The summed E-state index contributed by atoms with van der Waals surface area (Å²) in [5, 5.41) is 14.9. The molecule has 0 fully saturated rings. The van der Waals surface area contributed by atoms with Gasteiger partial charge in [0.2, 0.25) is 0 Å². The molecular formula is C20H15F2N5O. The van der Waals surface area contributed by atoms with Crippen molar-refractivity contribution in [3.63, 3.8) is 0 Å². The number of fused-ring (bicyclic) bond motifs is 2. The third kappa shape index (κ3) is 2.49. The third-order valence-corrected chi connectivity index (χ3v) is 5.13. The molecule has 1 atom stereocenters. The molecule has 28 heavy (non-hydrogen) atoms. The highest BCUT2D eigenvalue weighted by molar-refractivity contribution is 5.98. The molecule has 3 N–H and O–H groups in total. The number of aromatic nitrogens is 4. The van der Waals surface area contributed by atoms with Crippen LogP contribution in [0.15, 0.2) is 42.7 Å². The number of anilines is 1. The lowest BCUT2D eigenvalue weighted by Crippen LogP contribution is -2.11. The van der Waals surface area contributed by atoms with Gasteiger partial charge in [0.1, 0.15) is 35.2 Å². The molecule has 0 amide bonds. The first-order valence-electron chi connectivity index (χ1n) is 8.76. The molecule has 0 aliphatic heterocycles. The number of phenolic OH excluding ortho intramolecular Hbond substituents is 1. The van der Waals surface area contributed by atoms with Crippen LogP contribution in [0.1, 0.15) is 17.2 Å². The normalized spacial score (nSPS) is 15.9. The molecule has 0 saturated carbocycles. The summed E-state index contributed by atoms with van der Waals surface area (Å²) in [5.74, 6) is -0.843. The van der Waals surface area contributed by atoms with E-state index in [-0.39, 0.29) is 23.4 Å². The van der Waals surface area contributed by atoms with E-state index in [4.69, 9.17) is 5.73 Å². The van der Waals surface area contributed by atoms with Crippen molar-refractivity contribution in [2.24, 2.45) is 0 Å². The van der Waals surface area contributed by atoms with E-state index in [0.29, 0.717) is 40.7 Å². The summed E-state index contributed by atoms with van der Waals surface area (Å²) in [6.07, 6.45) is 2.41. The summed E-state index contributed by atoms with van der Waals surface area (Å²) in [4.78, 5) is 8.35. The van der Waals surface area contributed by atoms with E-state index in [2.05, 4.69) is 15.1 Å². The number of rotatable bonds is 2. The van der Waals surface area contributed by atoms with Gasteiger partial charge in [-0.1, -0.05) is 12.1 Å². The van der Waals surface area contributed by atoms with E-state index >= 15 is 0 Å². The molecule has 8 heteroatoms. The average Bonchev–Trinajstić information content (AvgIpc) is 3.24. The SMILES string of the molecule is Nc1ncnc2c1c(-c1cc(O)cc(F)c1)nn2C1Cc2cccc(F)c2C1. The van der Waals surface area contributed by atoms with Crippen LogP contribution in [0, 0.1) is 11.6 Å². The highest BCUT2D eigenvalue weighted by Gasteiger charge is 2.29. The second-order valence-electron chi connectivity index (χ2n) is 6.89. The minimum absolute atomic E-state index is 0.153. The lowest BCUT2D eigenvalue weighted by molar-refractivity contribution is 0.469. The second kappa shape index (κ2) is 5.98. The first-order chi connectivity index (χ1) is 13.5. The molecule has 0 radical (unpaired) electrons. The van der Waals surface area contributed by atoms with Gasteiger partial charge in [-0.15, -0.1) is 0 Å². The monoisotopic (exact) mass is 379 g/mol. The van der Waals surface area contributed by atoms with Crippen molar-refractivity contribution in [1.82, 2.24) is 19.7 Å². The number of nitrogen functional groups attached to an aromatic ring is 1. The van der Waals surface area contributed by atoms with Crippen molar-refractivity contribution in [3.8, 4) is 17.0 Å². The standard InChI is InChI=1S/C20H15F2N5O/c21-12-4-11(6-14(28)7-12)18-17-19(23)24-9-25-20(17)27(26-18)13-5-10-2-1-3-16(22)15(10)8-13/h1-4,6-7,9,13,28H,5,8H2,(H2,23,24,25). The van der Waals surface area contributed by atoms with Crippen molar-refractivity contribution in [3.05, 3.63) is 65.5 Å². The zero-order chi connectivity index (χ0) is 19.4. The number of nitrogens with zero attached hydrogens (tertiary/aromatic N) is 4. The lowest BCUT2D eigenvalue weighted by atomic mass is 10.1. The van der Waals surface area contributed by atoms with Crippen LogP contribution in [-0.4, -0.2) is 24.9 Å². The molecule has 2 aromatic carbocycles. The van der Waals surface area contributed by atoms with Gasteiger partial charge in [-0.05, 0) is 42.2 Å². The van der Waals surface area contributed by atoms with Crippen LogP contribution in [0.25, 0.3) is 22.3 Å². The molecule has 1 unspecified atom stereocenters. The third-order valence-electron chi connectivity index (χ3n) is 5.13. The predicted octanol–water partition coefficient (Wildman–Crippen LogP) is 3.40. The van der Waals surface area contributed by atoms with Crippen LogP contribution in [0.5, 0.6) is 5.75 Å². The topological polar surface area (TPSA) is 89.8 Å². The first-order valence-corrected chi connectivity index (χ1v) is 8.76. The van der Waals surface area contributed by atoms with Crippen molar-refractivity contribution < 1.29 is 13.9 Å². The molecule has 1 aliphatic rings. The fourth-order valence-corrected chi connectivity index (χ4v) is 3.92. The van der Waals surface area contributed by atoms with Gasteiger partial charge in [0.05, 0.1) is 11.4 Å². The van der Waals surface area contributed by atoms with E-state index in [0.717, 1.165) is 11.6 Å². The molecular weight excluding hydrogens is 364 g/mol. The Hall–Kier alpha value is -3.55. The summed E-state index contributed by atoms with van der Waals surface area (Å²) >= 11 is 0. The van der Waals surface area contributed by atoms with E-state index in [1.54, 1.807) is 10.7 Å². The molecule has 2 heterocycles. The second-order valence-corrected chi connectivity index (χ2v) is 6.89. The lowest BCUT2D eigenvalue weighted by Gasteiger charge is -2.10. The molecule has 0 saturated heterocycles. The van der Waals surface area contributed by atoms with E-state index < -0.39 is 5.82 Å². The molecule has 4 aromatic rings. The van der Waals surface area contributed by atoms with Crippen molar-refractivity contribution >= 4 is 16.9 Å². The van der Waals surface area contributed by atoms with E-state index in [1.165, 1.54) is 24.5 Å². The number of aromatic hydroxyl groups is 1. The predicted molar refractivity (Wildman–Crippen MR) is 99.6 cm³/mol.